The number of hydrogen-bond acceptors (Lipinski definition) is 6. The predicted octanol–water partition coefficient (Wildman–Crippen LogP) is 1.87. The van der Waals surface area contributed by atoms with Crippen LogP contribution in [0, 0.1) is 11.8 Å². The van der Waals surface area contributed by atoms with Crippen molar-refractivity contribution in [2.24, 2.45) is 0 Å². The van der Waals surface area contributed by atoms with E-state index in [2.05, 4.69) is 11.8 Å². The lowest BCUT2D eigenvalue weighted by Crippen LogP contribution is -2.57. The van der Waals surface area contributed by atoms with Crippen molar-refractivity contribution < 1.29 is 23.2 Å². The Balaban J connectivity index is 2.36. The second kappa shape index (κ2) is 8.97. The average Bonchev–Trinajstić information content (AvgIpc) is 2.80. The van der Waals surface area contributed by atoms with Gasteiger partial charge in [0.2, 0.25) is 10.0 Å². The van der Waals surface area contributed by atoms with Crippen LogP contribution in [0.2, 0.25) is 0 Å². The molecule has 0 spiro atoms. The molecule has 1 aromatic carbocycles. The first-order valence-electron chi connectivity index (χ1n) is 8.46. The number of thioether (sulfide) groups is 1. The molecule has 1 saturated heterocycles. The van der Waals surface area contributed by atoms with E-state index in [9.17, 15) is 13.2 Å². The molecule has 0 bridgehead atoms. The Bertz CT molecular complexity index is 826. The summed E-state index contributed by atoms with van der Waals surface area (Å²) in [6.45, 7) is 5.73. The lowest BCUT2D eigenvalue weighted by atomic mass is 10.0. The van der Waals surface area contributed by atoms with Gasteiger partial charge in [0.05, 0.1) is 4.90 Å². The van der Waals surface area contributed by atoms with E-state index in [-0.39, 0.29) is 18.0 Å². The molecule has 1 fully saturated rings. The van der Waals surface area contributed by atoms with Crippen molar-refractivity contribution in [3.8, 4) is 17.6 Å². The van der Waals surface area contributed by atoms with E-state index >= 15 is 0 Å². The first-order chi connectivity index (χ1) is 12.7. The lowest BCUT2D eigenvalue weighted by molar-refractivity contribution is -0.133. The normalized spacial score (nSPS) is 20.1. The number of hydrogen-bond donors (Lipinski definition) is 2. The van der Waals surface area contributed by atoms with Crippen LogP contribution in [0.15, 0.2) is 29.2 Å². The number of ether oxygens (including phenoxy) is 1. The van der Waals surface area contributed by atoms with Crippen LogP contribution in [0.5, 0.6) is 5.75 Å². The summed E-state index contributed by atoms with van der Waals surface area (Å²) >= 11 is 1.51. The summed E-state index contributed by atoms with van der Waals surface area (Å²) in [6, 6.07) is 4.98. The van der Waals surface area contributed by atoms with E-state index in [1.165, 1.54) is 28.2 Å². The van der Waals surface area contributed by atoms with Gasteiger partial charge in [-0.05, 0) is 57.2 Å². The van der Waals surface area contributed by atoms with Crippen LogP contribution in [0.3, 0.4) is 0 Å². The summed E-state index contributed by atoms with van der Waals surface area (Å²) in [6.07, 6.45) is 0.611. The molecule has 1 aromatic rings. The number of rotatable bonds is 5. The highest BCUT2D eigenvalue weighted by Gasteiger charge is 2.46. The third-order valence-electron chi connectivity index (χ3n) is 4.22. The molecule has 2 N–H and O–H groups in total. The van der Waals surface area contributed by atoms with Crippen molar-refractivity contribution in [2.45, 2.75) is 42.9 Å². The molecule has 0 aromatic heterocycles. The molecule has 2 rings (SSSR count). The third-order valence-corrected chi connectivity index (χ3v) is 7.56. The standard InChI is InChI=1S/C18H24N2O5S2/c1-4-5-12-25-14-7-9-15(10-8-14)27(23,24)20-11-6-13-26-18(2,3)16(20)17(21)19-22/h7-10,16,22H,6,11-13H2,1-3H3,(H,19,21)/t16-/m0/s1. The first kappa shape index (κ1) is 21.6. The highest BCUT2D eigenvalue weighted by Crippen LogP contribution is 2.37. The molecule has 1 atom stereocenters. The van der Waals surface area contributed by atoms with Gasteiger partial charge >= 0.3 is 0 Å². The Morgan fingerprint density at radius 2 is 2.07 bits per heavy atom. The maximum Gasteiger partial charge on any atom is 0.263 e. The number of carbonyl (C=O) groups excluding carboxylic acids is 1. The third kappa shape index (κ3) is 4.96. The fraction of sp³-hybridized carbons (Fsp3) is 0.500. The van der Waals surface area contributed by atoms with E-state index in [0.29, 0.717) is 12.2 Å². The molecule has 1 amide bonds. The predicted molar refractivity (Wildman–Crippen MR) is 104 cm³/mol. The van der Waals surface area contributed by atoms with Gasteiger partial charge in [-0.15, -0.1) is 5.92 Å². The van der Waals surface area contributed by atoms with E-state index < -0.39 is 26.7 Å². The number of nitrogens with zero attached hydrogens (tertiary/aromatic N) is 1. The zero-order chi connectivity index (χ0) is 20.1. The largest absolute Gasteiger partial charge is 0.481 e. The maximum atomic E-state index is 13.2. The van der Waals surface area contributed by atoms with Crippen molar-refractivity contribution in [3.05, 3.63) is 24.3 Å². The summed E-state index contributed by atoms with van der Waals surface area (Å²) in [5.74, 6) is 5.97. The summed E-state index contributed by atoms with van der Waals surface area (Å²) in [5.41, 5.74) is 1.62. The maximum absolute atomic E-state index is 13.2. The van der Waals surface area contributed by atoms with E-state index in [1.807, 2.05) is 0 Å². The minimum Gasteiger partial charge on any atom is -0.481 e. The van der Waals surface area contributed by atoms with Gasteiger partial charge in [0.25, 0.3) is 5.91 Å². The number of sulfonamides is 1. The molecule has 7 nitrogen and oxygen atoms in total. The molecule has 1 aliphatic heterocycles. The number of benzene rings is 1. The van der Waals surface area contributed by atoms with E-state index in [0.717, 1.165) is 5.75 Å². The highest BCUT2D eigenvalue weighted by molar-refractivity contribution is 8.00. The van der Waals surface area contributed by atoms with Crippen molar-refractivity contribution in [3.63, 3.8) is 0 Å². The van der Waals surface area contributed by atoms with Gasteiger partial charge in [-0.25, -0.2) is 13.9 Å². The van der Waals surface area contributed by atoms with Gasteiger partial charge in [-0.2, -0.15) is 16.1 Å². The number of hydroxylamine groups is 1. The SMILES string of the molecule is CC#CCOc1ccc(S(=O)(=O)N2CCCSC(C)(C)[C@@H]2C(=O)NO)cc1. The Labute approximate surface area is 164 Å². The van der Waals surface area contributed by atoms with Crippen molar-refractivity contribution in [2.75, 3.05) is 18.9 Å². The zero-order valence-corrected chi connectivity index (χ0v) is 17.2. The molecule has 9 heteroatoms. The Morgan fingerprint density at radius 3 is 2.67 bits per heavy atom. The quantitative estimate of drug-likeness (QED) is 0.435. The molecule has 0 unspecified atom stereocenters. The fourth-order valence-corrected chi connectivity index (χ4v) is 5.93. The molecule has 27 heavy (non-hydrogen) atoms. The van der Waals surface area contributed by atoms with E-state index in [4.69, 9.17) is 9.94 Å². The second-order valence-corrected chi connectivity index (χ2v) is 10.1. The van der Waals surface area contributed by atoms with Crippen LogP contribution < -0.4 is 10.2 Å². The Morgan fingerprint density at radius 1 is 1.41 bits per heavy atom. The van der Waals surface area contributed by atoms with Crippen LogP contribution in [-0.4, -0.2) is 53.5 Å². The number of amides is 1. The van der Waals surface area contributed by atoms with Gasteiger partial charge in [0.1, 0.15) is 18.4 Å². The summed E-state index contributed by atoms with van der Waals surface area (Å²) in [4.78, 5) is 12.4. The van der Waals surface area contributed by atoms with Crippen LogP contribution >= 0.6 is 11.8 Å². The second-order valence-electron chi connectivity index (χ2n) is 6.49. The number of nitrogens with one attached hydrogen (secondary N) is 1. The first-order valence-corrected chi connectivity index (χ1v) is 10.9. The minimum absolute atomic E-state index is 0.0647. The Hall–Kier alpha value is -1.73. The van der Waals surface area contributed by atoms with Gasteiger partial charge in [-0.3, -0.25) is 10.0 Å². The van der Waals surface area contributed by atoms with Crippen molar-refractivity contribution in [1.29, 1.82) is 0 Å². The van der Waals surface area contributed by atoms with Crippen LogP contribution in [-0.2, 0) is 14.8 Å². The van der Waals surface area contributed by atoms with Crippen LogP contribution in [0.4, 0.5) is 0 Å². The zero-order valence-electron chi connectivity index (χ0n) is 15.6. The molecule has 1 aliphatic rings. The summed E-state index contributed by atoms with van der Waals surface area (Å²) < 4.78 is 32.3. The van der Waals surface area contributed by atoms with Crippen molar-refractivity contribution in [1.82, 2.24) is 9.79 Å². The molecule has 0 saturated carbocycles. The molecule has 0 aliphatic carbocycles. The lowest BCUT2D eigenvalue weighted by Gasteiger charge is -2.36. The van der Waals surface area contributed by atoms with Gasteiger partial charge in [0.15, 0.2) is 0 Å². The van der Waals surface area contributed by atoms with Gasteiger partial charge in [-0.1, -0.05) is 5.92 Å². The van der Waals surface area contributed by atoms with E-state index in [1.54, 1.807) is 38.4 Å². The van der Waals surface area contributed by atoms with Crippen LogP contribution in [0.25, 0.3) is 0 Å². The topological polar surface area (TPSA) is 95.9 Å². The van der Waals surface area contributed by atoms with Crippen molar-refractivity contribution >= 4 is 27.7 Å². The van der Waals surface area contributed by atoms with Gasteiger partial charge < -0.3 is 4.74 Å². The summed E-state index contributed by atoms with van der Waals surface area (Å²) in [5, 5.41) is 9.15. The average molecular weight is 413 g/mol. The molecular formula is C18H24N2O5S2. The monoisotopic (exact) mass is 412 g/mol. The van der Waals surface area contributed by atoms with Crippen LogP contribution in [0.1, 0.15) is 27.2 Å². The smallest absolute Gasteiger partial charge is 0.263 e. The minimum atomic E-state index is -3.94. The molecular weight excluding hydrogens is 388 g/mol. The molecule has 148 valence electrons. The highest BCUT2D eigenvalue weighted by atomic mass is 32.2. The molecule has 0 radical (unpaired) electrons. The van der Waals surface area contributed by atoms with Gasteiger partial charge in [0, 0.05) is 11.3 Å². The Kier molecular flexibility index (Phi) is 7.17. The fourth-order valence-electron chi connectivity index (χ4n) is 2.91. The summed E-state index contributed by atoms with van der Waals surface area (Å²) in [7, 11) is -3.94. The number of carbonyl (C=O) groups is 1. The molecule has 1 heterocycles.